The largest absolute Gasteiger partial charge is 0.348 e. The topological polar surface area (TPSA) is 37.3 Å². The van der Waals surface area contributed by atoms with Gasteiger partial charge in [0, 0.05) is 36.6 Å². The van der Waals surface area contributed by atoms with Gasteiger partial charge in [-0.15, -0.1) is 0 Å². The molecule has 4 aromatic rings. The SMILES string of the molecule is O=C(CN1CCn2cccc2C1c1ccc(F)cc1F)NC(Cc1ccccc1)c1ccccc1. The summed E-state index contributed by atoms with van der Waals surface area (Å²) >= 11 is 0. The van der Waals surface area contributed by atoms with Crippen molar-refractivity contribution in [3.63, 3.8) is 0 Å². The molecule has 2 atom stereocenters. The van der Waals surface area contributed by atoms with E-state index in [1.54, 1.807) is 0 Å². The third-order valence-corrected chi connectivity index (χ3v) is 6.56. The molecule has 3 aromatic carbocycles. The summed E-state index contributed by atoms with van der Waals surface area (Å²) in [4.78, 5) is 15.3. The van der Waals surface area contributed by atoms with Crippen molar-refractivity contribution < 1.29 is 13.6 Å². The molecule has 0 aliphatic carbocycles. The van der Waals surface area contributed by atoms with Crippen LogP contribution in [0.2, 0.25) is 0 Å². The van der Waals surface area contributed by atoms with Crippen molar-refractivity contribution in [2.24, 2.45) is 0 Å². The Kier molecular flexibility index (Phi) is 6.73. The Hall–Kier alpha value is -3.77. The number of nitrogens with zero attached hydrogens (tertiary/aromatic N) is 2. The predicted octanol–water partition coefficient (Wildman–Crippen LogP) is 5.27. The number of carbonyl (C=O) groups excluding carboxylic acids is 1. The highest BCUT2D eigenvalue weighted by molar-refractivity contribution is 5.78. The van der Waals surface area contributed by atoms with Crippen LogP contribution < -0.4 is 5.32 Å². The number of carbonyl (C=O) groups is 1. The molecule has 1 aliphatic rings. The summed E-state index contributed by atoms with van der Waals surface area (Å²) in [6.45, 7) is 1.37. The van der Waals surface area contributed by atoms with Gasteiger partial charge >= 0.3 is 0 Å². The monoisotopic (exact) mass is 471 g/mol. The van der Waals surface area contributed by atoms with Crippen LogP contribution in [0.25, 0.3) is 0 Å². The number of fused-ring (bicyclic) bond motifs is 1. The van der Waals surface area contributed by atoms with Crippen LogP contribution in [0, 0.1) is 11.6 Å². The standard InChI is InChI=1S/C29H27F2N3O/c30-23-13-14-24(25(31)19-23)29-27-12-7-15-33(27)16-17-34(29)20-28(35)32-26(22-10-5-2-6-11-22)18-21-8-3-1-4-9-21/h1-15,19,26,29H,16-18,20H2,(H,32,35). The molecule has 4 nitrogen and oxygen atoms in total. The first kappa shape index (κ1) is 23.0. The van der Waals surface area contributed by atoms with E-state index in [-0.39, 0.29) is 18.5 Å². The van der Waals surface area contributed by atoms with Crippen LogP contribution in [0.3, 0.4) is 0 Å². The highest BCUT2D eigenvalue weighted by Crippen LogP contribution is 2.34. The van der Waals surface area contributed by atoms with Gasteiger partial charge in [-0.3, -0.25) is 9.69 Å². The van der Waals surface area contributed by atoms with Crippen LogP contribution in [0.4, 0.5) is 8.78 Å². The van der Waals surface area contributed by atoms with Gasteiger partial charge in [-0.05, 0) is 35.7 Å². The minimum absolute atomic E-state index is 0.102. The van der Waals surface area contributed by atoms with Gasteiger partial charge < -0.3 is 9.88 Å². The molecule has 0 saturated heterocycles. The number of rotatable bonds is 7. The summed E-state index contributed by atoms with van der Waals surface area (Å²) in [5.41, 5.74) is 3.41. The van der Waals surface area contributed by atoms with Crippen molar-refractivity contribution >= 4 is 5.91 Å². The number of amides is 1. The van der Waals surface area contributed by atoms with Crippen LogP contribution in [0.1, 0.15) is 34.5 Å². The Balaban J connectivity index is 1.39. The molecule has 5 rings (SSSR count). The van der Waals surface area contributed by atoms with Crippen molar-refractivity contribution in [2.45, 2.75) is 25.0 Å². The molecule has 0 saturated carbocycles. The van der Waals surface area contributed by atoms with Crippen molar-refractivity contribution in [3.8, 4) is 0 Å². The van der Waals surface area contributed by atoms with Gasteiger partial charge in [0.1, 0.15) is 11.6 Å². The van der Waals surface area contributed by atoms with Crippen molar-refractivity contribution in [1.29, 1.82) is 0 Å². The molecule has 35 heavy (non-hydrogen) atoms. The lowest BCUT2D eigenvalue weighted by molar-refractivity contribution is -0.123. The van der Waals surface area contributed by atoms with E-state index in [2.05, 4.69) is 9.88 Å². The van der Waals surface area contributed by atoms with Gasteiger partial charge in [0.2, 0.25) is 5.91 Å². The summed E-state index contributed by atoms with van der Waals surface area (Å²) in [5, 5.41) is 3.20. The second-order valence-corrected chi connectivity index (χ2v) is 8.89. The van der Waals surface area contributed by atoms with E-state index >= 15 is 0 Å². The first-order valence-corrected chi connectivity index (χ1v) is 11.8. The molecule has 0 fully saturated rings. The van der Waals surface area contributed by atoms with Crippen molar-refractivity contribution in [3.05, 3.63) is 131 Å². The minimum atomic E-state index is -0.617. The number of aromatic nitrogens is 1. The summed E-state index contributed by atoms with van der Waals surface area (Å²) in [6.07, 6.45) is 2.61. The third-order valence-electron chi connectivity index (χ3n) is 6.56. The zero-order valence-corrected chi connectivity index (χ0v) is 19.3. The molecule has 0 radical (unpaired) electrons. The minimum Gasteiger partial charge on any atom is -0.348 e. The number of halogens is 2. The Bertz CT molecular complexity index is 1290. The highest BCUT2D eigenvalue weighted by atomic mass is 19.1. The molecular weight excluding hydrogens is 444 g/mol. The van der Waals surface area contributed by atoms with Crippen LogP contribution in [-0.2, 0) is 17.8 Å². The zero-order valence-electron chi connectivity index (χ0n) is 19.3. The molecule has 2 heterocycles. The molecule has 178 valence electrons. The van der Waals surface area contributed by atoms with Gasteiger partial charge in [-0.25, -0.2) is 8.78 Å². The van der Waals surface area contributed by atoms with Gasteiger partial charge in [0.15, 0.2) is 0 Å². The van der Waals surface area contributed by atoms with E-state index in [1.807, 2.05) is 83.9 Å². The Labute approximate surface area is 203 Å². The van der Waals surface area contributed by atoms with Gasteiger partial charge in [-0.1, -0.05) is 66.7 Å². The van der Waals surface area contributed by atoms with Crippen LogP contribution in [-0.4, -0.2) is 28.5 Å². The second-order valence-electron chi connectivity index (χ2n) is 8.89. The fraction of sp³-hybridized carbons (Fsp3) is 0.207. The molecule has 1 aromatic heterocycles. The third kappa shape index (κ3) is 5.17. The van der Waals surface area contributed by atoms with Crippen LogP contribution in [0.5, 0.6) is 0 Å². The van der Waals surface area contributed by atoms with Crippen LogP contribution >= 0.6 is 0 Å². The van der Waals surface area contributed by atoms with E-state index in [0.717, 1.165) is 22.9 Å². The summed E-state index contributed by atoms with van der Waals surface area (Å²) in [5.74, 6) is -1.36. The maximum Gasteiger partial charge on any atom is 0.234 e. The van der Waals surface area contributed by atoms with Gasteiger partial charge in [0.25, 0.3) is 0 Å². The van der Waals surface area contributed by atoms with E-state index in [9.17, 15) is 13.6 Å². The number of hydrogen-bond acceptors (Lipinski definition) is 2. The average Bonchev–Trinajstić information content (AvgIpc) is 3.34. The average molecular weight is 472 g/mol. The smallest absolute Gasteiger partial charge is 0.234 e. The molecule has 0 bridgehead atoms. The summed E-state index contributed by atoms with van der Waals surface area (Å²) in [6, 6.07) is 26.8. The quantitative estimate of drug-likeness (QED) is 0.399. The maximum atomic E-state index is 14.8. The fourth-order valence-corrected chi connectivity index (χ4v) is 4.89. The Morgan fingerprint density at radius 1 is 0.914 bits per heavy atom. The maximum absolute atomic E-state index is 14.8. The number of benzene rings is 3. The Morgan fingerprint density at radius 2 is 1.66 bits per heavy atom. The fourth-order valence-electron chi connectivity index (χ4n) is 4.89. The Morgan fingerprint density at radius 3 is 2.40 bits per heavy atom. The van der Waals surface area contributed by atoms with Crippen molar-refractivity contribution in [2.75, 3.05) is 13.1 Å². The molecule has 1 amide bonds. The molecule has 6 heteroatoms. The highest BCUT2D eigenvalue weighted by Gasteiger charge is 2.32. The lowest BCUT2D eigenvalue weighted by Crippen LogP contribution is -2.45. The lowest BCUT2D eigenvalue weighted by atomic mass is 9.98. The first-order chi connectivity index (χ1) is 17.1. The first-order valence-electron chi connectivity index (χ1n) is 11.8. The molecular formula is C29H27F2N3O. The second kappa shape index (κ2) is 10.2. The van der Waals surface area contributed by atoms with E-state index in [1.165, 1.54) is 12.1 Å². The van der Waals surface area contributed by atoms with Crippen LogP contribution in [0.15, 0.2) is 97.2 Å². The molecule has 1 N–H and O–H groups in total. The van der Waals surface area contributed by atoms with E-state index in [4.69, 9.17) is 0 Å². The molecule has 1 aliphatic heterocycles. The van der Waals surface area contributed by atoms with Crippen molar-refractivity contribution in [1.82, 2.24) is 14.8 Å². The van der Waals surface area contributed by atoms with Gasteiger partial charge in [-0.2, -0.15) is 0 Å². The molecule has 2 unspecified atom stereocenters. The van der Waals surface area contributed by atoms with E-state index < -0.39 is 17.7 Å². The summed E-state index contributed by atoms with van der Waals surface area (Å²) in [7, 11) is 0. The molecule has 0 spiro atoms. The van der Waals surface area contributed by atoms with E-state index in [0.29, 0.717) is 25.1 Å². The summed E-state index contributed by atoms with van der Waals surface area (Å²) < 4.78 is 30.5. The normalized spacial score (nSPS) is 16.5. The van der Waals surface area contributed by atoms with Gasteiger partial charge in [0.05, 0.1) is 18.6 Å². The lowest BCUT2D eigenvalue weighted by Gasteiger charge is -2.37. The zero-order chi connectivity index (χ0) is 24.2. The predicted molar refractivity (Wildman–Crippen MR) is 132 cm³/mol. The number of nitrogens with one attached hydrogen (secondary N) is 1. The number of hydrogen-bond donors (Lipinski definition) is 1.